The van der Waals surface area contributed by atoms with E-state index in [4.69, 9.17) is 4.52 Å². The molecule has 1 amide bonds. The number of carbonyl (C=O) groups excluding carboxylic acids is 1. The van der Waals surface area contributed by atoms with Crippen LogP contribution < -0.4 is 5.32 Å². The Morgan fingerprint density at radius 2 is 2.04 bits per heavy atom. The molecule has 0 saturated heterocycles. The number of hydrogen-bond acceptors (Lipinski definition) is 4. The summed E-state index contributed by atoms with van der Waals surface area (Å²) in [5.41, 5.74) is 2.88. The highest BCUT2D eigenvalue weighted by molar-refractivity contribution is 6.01. The predicted molar refractivity (Wildman–Crippen MR) is 103 cm³/mol. The van der Waals surface area contributed by atoms with Gasteiger partial charge in [-0.15, -0.1) is 0 Å². The highest BCUT2D eigenvalue weighted by Gasteiger charge is 2.17. The van der Waals surface area contributed by atoms with Crippen molar-refractivity contribution in [2.24, 2.45) is 0 Å². The van der Waals surface area contributed by atoms with E-state index in [9.17, 15) is 9.18 Å². The molecule has 0 saturated carbocycles. The molecule has 0 aliphatic heterocycles. The van der Waals surface area contributed by atoms with Crippen molar-refractivity contribution >= 4 is 16.8 Å². The lowest BCUT2D eigenvalue weighted by Gasteiger charge is -2.04. The molecule has 0 aliphatic carbocycles. The van der Waals surface area contributed by atoms with E-state index >= 15 is 0 Å². The quantitative estimate of drug-likeness (QED) is 0.533. The Kier molecular flexibility index (Phi) is 4.89. The fourth-order valence-electron chi connectivity index (χ4n) is 3.21. The second kappa shape index (κ2) is 7.64. The molecule has 28 heavy (non-hydrogen) atoms. The fourth-order valence-corrected chi connectivity index (χ4v) is 3.21. The van der Waals surface area contributed by atoms with Gasteiger partial charge in [0, 0.05) is 29.4 Å². The minimum atomic E-state index is -0.321. The van der Waals surface area contributed by atoms with Gasteiger partial charge in [-0.1, -0.05) is 42.4 Å². The molecule has 4 rings (SSSR count). The van der Waals surface area contributed by atoms with Crippen molar-refractivity contribution in [2.45, 2.75) is 19.8 Å². The molecular formula is C21H19FN4O2. The number of hydrogen-bond donors (Lipinski definition) is 2. The lowest BCUT2D eigenvalue weighted by molar-refractivity contribution is 0.0948. The molecular weight excluding hydrogens is 359 g/mol. The number of aryl methyl sites for hydroxylation is 1. The molecule has 0 radical (unpaired) electrons. The Hall–Kier alpha value is -3.48. The third kappa shape index (κ3) is 3.51. The maximum atomic E-state index is 13.5. The lowest BCUT2D eigenvalue weighted by Crippen LogP contribution is -2.26. The Morgan fingerprint density at radius 1 is 1.21 bits per heavy atom. The predicted octanol–water partition coefficient (Wildman–Crippen LogP) is 3.89. The standard InChI is InChI=1S/C21H19FN4O2/c1-2-15-16-12-14(22)8-9-17(16)24-19(15)21(27)23-11-10-18-25-20(26-28-18)13-6-4-3-5-7-13/h3-9,12,24H,2,10-11H2,1H3,(H,23,27). The van der Waals surface area contributed by atoms with E-state index < -0.39 is 0 Å². The summed E-state index contributed by atoms with van der Waals surface area (Å²) >= 11 is 0. The van der Waals surface area contributed by atoms with Crippen molar-refractivity contribution in [2.75, 3.05) is 6.54 Å². The Balaban J connectivity index is 1.43. The molecule has 2 N–H and O–H groups in total. The van der Waals surface area contributed by atoms with E-state index in [1.165, 1.54) is 12.1 Å². The van der Waals surface area contributed by atoms with Gasteiger partial charge in [-0.3, -0.25) is 4.79 Å². The second-order valence-corrected chi connectivity index (χ2v) is 6.41. The fraction of sp³-hybridized carbons (Fsp3) is 0.190. The van der Waals surface area contributed by atoms with Crippen molar-refractivity contribution in [3.63, 3.8) is 0 Å². The van der Waals surface area contributed by atoms with Crippen LogP contribution in [0.4, 0.5) is 4.39 Å². The van der Waals surface area contributed by atoms with Gasteiger partial charge >= 0.3 is 0 Å². The van der Waals surface area contributed by atoms with Crippen molar-refractivity contribution in [1.29, 1.82) is 0 Å². The molecule has 0 aliphatic rings. The average Bonchev–Trinajstić information content (AvgIpc) is 3.33. The number of aromatic nitrogens is 3. The smallest absolute Gasteiger partial charge is 0.268 e. The summed E-state index contributed by atoms with van der Waals surface area (Å²) in [4.78, 5) is 20.0. The van der Waals surface area contributed by atoms with Crippen molar-refractivity contribution in [3.05, 3.63) is 71.5 Å². The Labute approximate surface area is 160 Å². The number of amides is 1. The molecule has 0 fully saturated rings. The van der Waals surface area contributed by atoms with Crippen LogP contribution in [0.5, 0.6) is 0 Å². The van der Waals surface area contributed by atoms with Crippen LogP contribution in [0.2, 0.25) is 0 Å². The highest BCUT2D eigenvalue weighted by Crippen LogP contribution is 2.24. The topological polar surface area (TPSA) is 83.8 Å². The van der Waals surface area contributed by atoms with Crippen molar-refractivity contribution in [3.8, 4) is 11.4 Å². The molecule has 0 unspecified atom stereocenters. The molecule has 2 aromatic heterocycles. The van der Waals surface area contributed by atoms with Crippen molar-refractivity contribution < 1.29 is 13.7 Å². The summed E-state index contributed by atoms with van der Waals surface area (Å²) in [6.07, 6.45) is 1.04. The SMILES string of the molecule is CCc1c(C(=O)NCCc2nc(-c3ccccc3)no2)[nH]c2ccc(F)cc12. The molecule has 4 aromatic rings. The van der Waals surface area contributed by atoms with E-state index in [-0.39, 0.29) is 11.7 Å². The lowest BCUT2D eigenvalue weighted by atomic mass is 10.1. The maximum absolute atomic E-state index is 13.5. The molecule has 0 bridgehead atoms. The minimum Gasteiger partial charge on any atom is -0.350 e. The summed E-state index contributed by atoms with van der Waals surface area (Å²) in [6.45, 7) is 2.29. The van der Waals surface area contributed by atoms with Crippen LogP contribution in [-0.4, -0.2) is 27.6 Å². The van der Waals surface area contributed by atoms with E-state index in [0.717, 1.165) is 22.0 Å². The van der Waals surface area contributed by atoms with Crippen LogP contribution in [0.3, 0.4) is 0 Å². The summed E-state index contributed by atoms with van der Waals surface area (Å²) in [5, 5.41) is 7.55. The first kappa shape index (κ1) is 17.9. The van der Waals surface area contributed by atoms with Crippen LogP contribution in [0, 0.1) is 5.82 Å². The van der Waals surface area contributed by atoms with E-state index in [0.29, 0.717) is 36.8 Å². The number of aromatic amines is 1. The van der Waals surface area contributed by atoms with Gasteiger partial charge in [0.05, 0.1) is 0 Å². The van der Waals surface area contributed by atoms with Gasteiger partial charge in [-0.2, -0.15) is 4.98 Å². The number of H-pyrrole nitrogens is 1. The first-order chi connectivity index (χ1) is 13.7. The molecule has 0 atom stereocenters. The molecule has 0 spiro atoms. The van der Waals surface area contributed by atoms with Crippen LogP contribution in [0.25, 0.3) is 22.3 Å². The number of nitrogens with one attached hydrogen (secondary N) is 2. The number of benzene rings is 2. The Morgan fingerprint density at radius 3 is 2.82 bits per heavy atom. The number of fused-ring (bicyclic) bond motifs is 1. The molecule has 2 heterocycles. The van der Waals surface area contributed by atoms with Gasteiger partial charge in [0.15, 0.2) is 0 Å². The summed E-state index contributed by atoms with van der Waals surface area (Å²) in [7, 11) is 0. The van der Waals surface area contributed by atoms with Crippen molar-refractivity contribution in [1.82, 2.24) is 20.4 Å². The Bertz CT molecular complexity index is 1120. The zero-order chi connectivity index (χ0) is 19.5. The number of nitrogens with zero attached hydrogens (tertiary/aromatic N) is 2. The molecule has 7 heteroatoms. The van der Waals surface area contributed by atoms with Gasteiger partial charge in [-0.25, -0.2) is 4.39 Å². The van der Waals surface area contributed by atoms with Crippen LogP contribution in [-0.2, 0) is 12.8 Å². The van der Waals surface area contributed by atoms with Gasteiger partial charge in [0.2, 0.25) is 11.7 Å². The van der Waals surface area contributed by atoms with Crippen LogP contribution in [0.1, 0.15) is 28.9 Å². The van der Waals surface area contributed by atoms with Gasteiger partial charge in [0.1, 0.15) is 11.5 Å². The number of rotatable bonds is 6. The number of halogens is 1. The first-order valence-electron chi connectivity index (χ1n) is 9.12. The summed E-state index contributed by atoms with van der Waals surface area (Å²) in [5.74, 6) is 0.413. The van der Waals surface area contributed by atoms with Gasteiger partial charge < -0.3 is 14.8 Å². The number of carbonyl (C=O) groups is 1. The van der Waals surface area contributed by atoms with E-state index in [2.05, 4.69) is 20.4 Å². The zero-order valence-electron chi connectivity index (χ0n) is 15.3. The zero-order valence-corrected chi connectivity index (χ0v) is 15.3. The van der Waals surface area contributed by atoms with Crippen LogP contribution >= 0.6 is 0 Å². The van der Waals surface area contributed by atoms with Gasteiger partial charge in [0.25, 0.3) is 5.91 Å². The monoisotopic (exact) mass is 378 g/mol. The summed E-state index contributed by atoms with van der Waals surface area (Å²) < 4.78 is 18.8. The first-order valence-corrected chi connectivity index (χ1v) is 9.12. The third-order valence-electron chi connectivity index (χ3n) is 4.57. The van der Waals surface area contributed by atoms with Gasteiger partial charge in [-0.05, 0) is 30.2 Å². The summed E-state index contributed by atoms with van der Waals surface area (Å²) in [6, 6.07) is 14.0. The minimum absolute atomic E-state index is 0.240. The second-order valence-electron chi connectivity index (χ2n) is 6.41. The van der Waals surface area contributed by atoms with Crippen LogP contribution in [0.15, 0.2) is 53.1 Å². The third-order valence-corrected chi connectivity index (χ3v) is 4.57. The molecule has 142 valence electrons. The van der Waals surface area contributed by atoms with E-state index in [1.54, 1.807) is 6.07 Å². The normalized spacial score (nSPS) is 11.1. The molecule has 2 aromatic carbocycles. The maximum Gasteiger partial charge on any atom is 0.268 e. The van der Waals surface area contributed by atoms with E-state index in [1.807, 2.05) is 37.3 Å². The highest BCUT2D eigenvalue weighted by atomic mass is 19.1. The largest absolute Gasteiger partial charge is 0.350 e. The average molecular weight is 378 g/mol. The molecule has 6 nitrogen and oxygen atoms in total.